The third kappa shape index (κ3) is 2.71. The Morgan fingerprint density at radius 2 is 1.53 bits per heavy atom. The second kappa shape index (κ2) is 5.66. The number of hydrogen-bond donors (Lipinski definition) is 0. The summed E-state index contributed by atoms with van der Waals surface area (Å²) in [6.07, 6.45) is 0. The molecule has 0 nitrogen and oxygen atoms in total. The molecular weight excluding hydrogens is 410 g/mol. The quantitative estimate of drug-likeness (QED) is 0.403. The van der Waals surface area contributed by atoms with Crippen molar-refractivity contribution in [3.05, 3.63) is 68.7 Å². The van der Waals surface area contributed by atoms with E-state index in [0.717, 1.165) is 0 Å². The monoisotopic (exact) mass is 424 g/mol. The molecule has 0 aliphatic rings. The molecule has 3 rings (SSSR count). The average Bonchev–Trinajstić information content (AvgIpc) is 2.83. The van der Waals surface area contributed by atoms with Gasteiger partial charge in [0, 0.05) is 0 Å². The fourth-order valence-corrected chi connectivity index (χ4v) is 6.02. The van der Waals surface area contributed by atoms with E-state index in [0.29, 0.717) is 14.5 Å². The molecule has 0 N–H and O–H groups in total. The predicted molar refractivity (Wildman–Crippen MR) is 91.7 cm³/mol. The van der Waals surface area contributed by atoms with Crippen LogP contribution in [0.25, 0.3) is 21.1 Å². The van der Waals surface area contributed by atoms with Crippen LogP contribution < -0.4 is 0 Å². The van der Waals surface area contributed by atoms with Crippen LogP contribution in [0.4, 0.5) is 0 Å². The van der Waals surface area contributed by atoms with Crippen LogP contribution in [0.2, 0.25) is 0 Å². The van der Waals surface area contributed by atoms with Crippen LogP contribution in [0.1, 0.15) is 5.56 Å². The van der Waals surface area contributed by atoms with Gasteiger partial charge in [-0.2, -0.15) is 0 Å². The van der Waals surface area contributed by atoms with E-state index >= 15 is 0 Å². The Kier molecular flexibility index (Phi) is 3.92. The van der Waals surface area contributed by atoms with Crippen LogP contribution in [-0.2, 0) is 0 Å². The van der Waals surface area contributed by atoms with Crippen molar-refractivity contribution in [2.24, 2.45) is 0 Å². The van der Waals surface area contributed by atoms with Gasteiger partial charge in [-0.25, -0.2) is 0 Å². The Labute approximate surface area is 133 Å². The van der Waals surface area contributed by atoms with E-state index in [1.807, 2.05) is 0 Å². The molecule has 0 atom stereocenters. The summed E-state index contributed by atoms with van der Waals surface area (Å²) in [4.78, 5) is 2.40. The van der Waals surface area contributed by atoms with E-state index in [-0.39, 0.29) is 0 Å². The van der Waals surface area contributed by atoms with Gasteiger partial charge in [-0.05, 0) is 0 Å². The summed E-state index contributed by atoms with van der Waals surface area (Å²) in [6, 6.07) is 19.6. The third-order valence-corrected chi connectivity index (χ3v) is 7.23. The minimum absolute atomic E-state index is 0.443. The van der Waals surface area contributed by atoms with Crippen molar-refractivity contribution in [3.63, 3.8) is 0 Å². The fraction of sp³-hybridized carbons (Fsp3) is 0.0588. The minimum atomic E-state index is 0.443. The summed E-state index contributed by atoms with van der Waals surface area (Å²) in [7, 11) is 0. The molecule has 0 saturated carbocycles. The van der Waals surface area contributed by atoms with E-state index < -0.39 is 0 Å². The summed E-state index contributed by atoms with van der Waals surface area (Å²) < 4.78 is 2.91. The second-order valence-corrected chi connectivity index (χ2v) is 7.45. The maximum atomic E-state index is 2.50. The molecule has 2 aromatic carbocycles. The molecule has 2 heteroatoms. The van der Waals surface area contributed by atoms with Crippen molar-refractivity contribution in [2.45, 2.75) is 6.92 Å². The first-order valence-corrected chi connectivity index (χ1v) is 9.07. The first kappa shape index (κ1) is 13.2. The van der Waals surface area contributed by atoms with Gasteiger partial charge in [0.15, 0.2) is 0 Å². The molecule has 0 aliphatic heterocycles. The molecule has 0 radical (unpaired) electrons. The van der Waals surface area contributed by atoms with Crippen molar-refractivity contribution in [1.29, 1.82) is 0 Å². The predicted octanol–water partition coefficient (Wildman–Crippen LogP) is 4.99. The SMILES string of the molecule is Cc1ccc(-c2c[se]c(-c3ccccc3)c2I)cc1. The molecule has 0 spiro atoms. The van der Waals surface area contributed by atoms with Crippen molar-refractivity contribution < 1.29 is 0 Å². The van der Waals surface area contributed by atoms with Gasteiger partial charge in [-0.3, -0.25) is 0 Å². The second-order valence-electron chi connectivity index (χ2n) is 4.52. The van der Waals surface area contributed by atoms with Gasteiger partial charge in [0.05, 0.1) is 0 Å². The Morgan fingerprint density at radius 1 is 0.842 bits per heavy atom. The third-order valence-electron chi connectivity index (χ3n) is 3.13. The zero-order valence-corrected chi connectivity index (χ0v) is 14.4. The molecule has 1 aromatic heterocycles. The van der Waals surface area contributed by atoms with E-state index in [2.05, 4.69) is 89.1 Å². The van der Waals surface area contributed by atoms with Crippen molar-refractivity contribution in [2.75, 3.05) is 0 Å². The van der Waals surface area contributed by atoms with Crippen LogP contribution in [0, 0.1) is 10.5 Å². The molecule has 0 fully saturated rings. The Morgan fingerprint density at radius 3 is 2.21 bits per heavy atom. The summed E-state index contributed by atoms with van der Waals surface area (Å²) in [6.45, 7) is 2.13. The Bertz CT molecular complexity index is 681. The molecule has 0 bridgehead atoms. The number of rotatable bonds is 2. The number of hydrogen-bond acceptors (Lipinski definition) is 0. The van der Waals surface area contributed by atoms with Gasteiger partial charge in [-0.1, -0.05) is 0 Å². The number of halogens is 1. The average molecular weight is 423 g/mol. The van der Waals surface area contributed by atoms with Crippen molar-refractivity contribution in [3.8, 4) is 21.1 Å². The number of benzene rings is 2. The molecule has 19 heavy (non-hydrogen) atoms. The van der Waals surface area contributed by atoms with Gasteiger partial charge in [0.25, 0.3) is 0 Å². The molecule has 1 heterocycles. The zero-order valence-electron chi connectivity index (χ0n) is 10.6. The van der Waals surface area contributed by atoms with E-state index in [4.69, 9.17) is 0 Å². The van der Waals surface area contributed by atoms with Crippen LogP contribution in [0.3, 0.4) is 0 Å². The van der Waals surface area contributed by atoms with Crippen LogP contribution in [0.15, 0.2) is 59.5 Å². The standard InChI is InChI=1S/C17H13ISe/c1-12-7-9-13(10-8-12)15-11-19-17(16(15)18)14-5-3-2-4-6-14/h2-11H,1H3. The van der Waals surface area contributed by atoms with Crippen LogP contribution in [0.5, 0.6) is 0 Å². The van der Waals surface area contributed by atoms with Crippen molar-refractivity contribution in [1.82, 2.24) is 0 Å². The van der Waals surface area contributed by atoms with Crippen LogP contribution >= 0.6 is 22.6 Å². The topological polar surface area (TPSA) is 0 Å². The molecule has 94 valence electrons. The van der Waals surface area contributed by atoms with E-state index in [9.17, 15) is 0 Å². The summed E-state index contributed by atoms with van der Waals surface area (Å²) in [5.74, 6) is 0. The van der Waals surface area contributed by atoms with Gasteiger partial charge < -0.3 is 0 Å². The number of aryl methyl sites for hydroxylation is 1. The fourth-order valence-electron chi connectivity index (χ4n) is 2.06. The molecule has 0 aliphatic carbocycles. The Hall–Kier alpha value is -0.831. The van der Waals surface area contributed by atoms with Gasteiger partial charge in [0.2, 0.25) is 0 Å². The van der Waals surface area contributed by atoms with Gasteiger partial charge in [0.1, 0.15) is 0 Å². The normalized spacial score (nSPS) is 10.6. The maximum absolute atomic E-state index is 2.50. The van der Waals surface area contributed by atoms with E-state index in [1.165, 1.54) is 30.3 Å². The molecule has 0 saturated heterocycles. The van der Waals surface area contributed by atoms with Gasteiger partial charge in [-0.15, -0.1) is 0 Å². The summed E-state index contributed by atoms with van der Waals surface area (Å²) in [5, 5.41) is 0. The summed E-state index contributed by atoms with van der Waals surface area (Å²) in [5.41, 5.74) is 5.42. The zero-order chi connectivity index (χ0) is 13.2. The van der Waals surface area contributed by atoms with Gasteiger partial charge >= 0.3 is 134 Å². The molecule has 0 unspecified atom stereocenters. The summed E-state index contributed by atoms with van der Waals surface area (Å²) >= 11 is 2.94. The first-order chi connectivity index (χ1) is 9.25. The first-order valence-electron chi connectivity index (χ1n) is 6.15. The molecule has 3 aromatic rings. The van der Waals surface area contributed by atoms with E-state index in [1.54, 1.807) is 0 Å². The Balaban J connectivity index is 2.06. The molecular formula is C17H13ISe. The van der Waals surface area contributed by atoms with Crippen molar-refractivity contribution >= 4 is 37.1 Å². The molecule has 0 amide bonds. The van der Waals surface area contributed by atoms with Crippen LogP contribution in [-0.4, -0.2) is 14.5 Å².